The highest BCUT2D eigenvalue weighted by molar-refractivity contribution is 5.93. The minimum absolute atomic E-state index is 0.176. The molecule has 4 rings (SSSR count). The predicted octanol–water partition coefficient (Wildman–Crippen LogP) is 1.01. The van der Waals surface area contributed by atoms with Crippen molar-refractivity contribution in [1.29, 1.82) is 0 Å². The molecule has 1 aliphatic rings. The Balaban J connectivity index is 1.85. The van der Waals surface area contributed by atoms with Crippen molar-refractivity contribution in [3.8, 4) is 0 Å². The first-order valence-corrected chi connectivity index (χ1v) is 8.82. The highest BCUT2D eigenvalue weighted by atomic mass is 16.5. The van der Waals surface area contributed by atoms with Crippen LogP contribution in [0.15, 0.2) is 30.7 Å². The molecule has 0 aliphatic carbocycles. The van der Waals surface area contributed by atoms with Gasteiger partial charge in [-0.2, -0.15) is 0 Å². The molecule has 2 aromatic heterocycles. The molecule has 3 aromatic rings. The van der Waals surface area contributed by atoms with Crippen LogP contribution in [0.5, 0.6) is 0 Å². The molecular formula is C18H22N8O2. The maximum Gasteiger partial charge on any atom is 0.270 e. The number of ether oxygens (including phenoxy) is 1. The van der Waals surface area contributed by atoms with Crippen LogP contribution >= 0.6 is 0 Å². The second-order valence-electron chi connectivity index (χ2n) is 6.85. The number of nitrogen functional groups attached to an aromatic ring is 1. The lowest BCUT2D eigenvalue weighted by Gasteiger charge is -2.21. The van der Waals surface area contributed by atoms with Crippen LogP contribution < -0.4 is 27.2 Å². The van der Waals surface area contributed by atoms with Crippen LogP contribution in [-0.4, -0.2) is 40.0 Å². The maximum absolute atomic E-state index is 12.6. The van der Waals surface area contributed by atoms with E-state index in [1.165, 1.54) is 11.2 Å². The molecular weight excluding hydrogens is 360 g/mol. The van der Waals surface area contributed by atoms with Gasteiger partial charge in [0.1, 0.15) is 11.5 Å². The van der Waals surface area contributed by atoms with Crippen molar-refractivity contribution in [2.45, 2.75) is 19.6 Å². The van der Waals surface area contributed by atoms with Crippen LogP contribution in [-0.2, 0) is 11.3 Å². The molecule has 10 nitrogen and oxygen atoms in total. The minimum atomic E-state index is -0.233. The van der Waals surface area contributed by atoms with Crippen molar-refractivity contribution in [2.75, 3.05) is 29.7 Å². The number of hydrazine groups is 1. The van der Waals surface area contributed by atoms with Crippen LogP contribution in [0.4, 0.5) is 22.9 Å². The summed E-state index contributed by atoms with van der Waals surface area (Å²) in [5.74, 6) is 6.22. The highest BCUT2D eigenvalue weighted by Crippen LogP contribution is 2.33. The van der Waals surface area contributed by atoms with E-state index in [1.54, 1.807) is 23.8 Å². The molecule has 0 spiro atoms. The fraction of sp³-hybridized carbons (Fsp3) is 0.278. The standard InChI is InChI=1S/C18H22N8O2/c1-10-8-28-9-11-3-12(17(19)13(4-11)25(2)20)24-15-7-26-14(18(27)23-10)5-22-16(26)6-21-15/h3-7,10,24H,8-9,19-20H2,1-2H3,(H,23,27). The van der Waals surface area contributed by atoms with Crippen molar-refractivity contribution in [1.82, 2.24) is 19.7 Å². The number of carbonyl (C=O) groups excluding carboxylic acids is 1. The number of hydrogen-bond donors (Lipinski definition) is 4. The van der Waals surface area contributed by atoms with E-state index in [1.807, 2.05) is 19.1 Å². The molecule has 146 valence electrons. The SMILES string of the molecule is CC1COCc2cc(c(N)c(N(C)N)c2)Nc2cn3c(cnc3cn2)C(=O)N1. The summed E-state index contributed by atoms with van der Waals surface area (Å²) in [6.45, 7) is 2.59. The largest absolute Gasteiger partial charge is 0.395 e. The molecule has 0 radical (unpaired) electrons. The van der Waals surface area contributed by atoms with Gasteiger partial charge in [-0.05, 0) is 24.6 Å². The number of imidazole rings is 1. The van der Waals surface area contributed by atoms with Gasteiger partial charge in [-0.1, -0.05) is 0 Å². The zero-order chi connectivity index (χ0) is 19.8. The fourth-order valence-electron chi connectivity index (χ4n) is 3.13. The molecule has 3 heterocycles. The monoisotopic (exact) mass is 382 g/mol. The van der Waals surface area contributed by atoms with Crippen molar-refractivity contribution in [3.63, 3.8) is 0 Å². The van der Waals surface area contributed by atoms with Gasteiger partial charge in [0.2, 0.25) is 0 Å². The Labute approximate surface area is 161 Å². The normalized spacial score (nSPS) is 17.1. The molecule has 1 amide bonds. The number of amides is 1. The van der Waals surface area contributed by atoms with Crippen molar-refractivity contribution >= 4 is 34.4 Å². The molecule has 1 aliphatic heterocycles. The molecule has 0 saturated carbocycles. The molecule has 6 N–H and O–H groups in total. The topological polar surface area (TPSA) is 136 Å². The first-order valence-electron chi connectivity index (χ1n) is 8.82. The number of anilines is 4. The van der Waals surface area contributed by atoms with Gasteiger partial charge in [0.25, 0.3) is 5.91 Å². The zero-order valence-electron chi connectivity index (χ0n) is 15.6. The Kier molecular flexibility index (Phi) is 4.49. The van der Waals surface area contributed by atoms with Gasteiger partial charge in [-0.25, -0.2) is 15.8 Å². The van der Waals surface area contributed by atoms with Gasteiger partial charge in [0.05, 0.1) is 48.9 Å². The summed E-state index contributed by atoms with van der Waals surface area (Å²) < 4.78 is 7.46. The lowest BCUT2D eigenvalue weighted by atomic mass is 10.1. The summed E-state index contributed by atoms with van der Waals surface area (Å²) in [5, 5.41) is 7.58. The van der Waals surface area contributed by atoms with Crippen molar-refractivity contribution in [2.24, 2.45) is 5.84 Å². The highest BCUT2D eigenvalue weighted by Gasteiger charge is 2.17. The first kappa shape index (κ1) is 18.0. The number of aromatic nitrogens is 3. The molecule has 1 unspecified atom stereocenters. The lowest BCUT2D eigenvalue weighted by molar-refractivity contribution is 0.0816. The summed E-state index contributed by atoms with van der Waals surface area (Å²) in [5.41, 5.74) is 9.97. The smallest absolute Gasteiger partial charge is 0.270 e. The van der Waals surface area contributed by atoms with E-state index < -0.39 is 0 Å². The second kappa shape index (κ2) is 6.98. The number of nitrogens with one attached hydrogen (secondary N) is 2. The third-order valence-corrected chi connectivity index (χ3v) is 4.50. The molecule has 10 heteroatoms. The molecule has 4 bridgehead atoms. The first-order chi connectivity index (χ1) is 13.4. The zero-order valence-corrected chi connectivity index (χ0v) is 15.6. The van der Waals surface area contributed by atoms with Crippen molar-refractivity contribution in [3.05, 3.63) is 42.0 Å². The number of benzene rings is 1. The van der Waals surface area contributed by atoms with Crippen LogP contribution in [0.2, 0.25) is 0 Å². The molecule has 0 fully saturated rings. The maximum atomic E-state index is 12.6. The number of hydrogen-bond acceptors (Lipinski definition) is 8. The van der Waals surface area contributed by atoms with E-state index in [2.05, 4.69) is 20.6 Å². The van der Waals surface area contributed by atoms with Gasteiger partial charge in [-0.3, -0.25) is 9.20 Å². The van der Waals surface area contributed by atoms with Gasteiger partial charge in [-0.15, -0.1) is 0 Å². The van der Waals surface area contributed by atoms with E-state index in [-0.39, 0.29) is 11.9 Å². The predicted molar refractivity (Wildman–Crippen MR) is 106 cm³/mol. The fourth-order valence-corrected chi connectivity index (χ4v) is 3.13. The van der Waals surface area contributed by atoms with Gasteiger partial charge in [0.15, 0.2) is 5.65 Å². The summed E-state index contributed by atoms with van der Waals surface area (Å²) in [7, 11) is 1.72. The van der Waals surface area contributed by atoms with Crippen LogP contribution in [0.25, 0.3) is 5.65 Å². The Hall–Kier alpha value is -3.37. The molecule has 0 saturated heterocycles. The minimum Gasteiger partial charge on any atom is -0.395 e. The Morgan fingerprint density at radius 1 is 1.32 bits per heavy atom. The summed E-state index contributed by atoms with van der Waals surface area (Å²) in [6.07, 6.45) is 4.82. The summed E-state index contributed by atoms with van der Waals surface area (Å²) in [4.78, 5) is 21.2. The summed E-state index contributed by atoms with van der Waals surface area (Å²) in [6, 6.07) is 3.60. The van der Waals surface area contributed by atoms with Crippen LogP contribution in [0.3, 0.4) is 0 Å². The lowest BCUT2D eigenvalue weighted by Crippen LogP contribution is -2.36. The average Bonchev–Trinajstić information content (AvgIpc) is 3.06. The molecule has 28 heavy (non-hydrogen) atoms. The van der Waals surface area contributed by atoms with Crippen molar-refractivity contribution < 1.29 is 9.53 Å². The van der Waals surface area contributed by atoms with E-state index in [0.29, 0.717) is 47.4 Å². The van der Waals surface area contributed by atoms with Gasteiger partial charge in [0, 0.05) is 13.1 Å². The van der Waals surface area contributed by atoms with E-state index in [0.717, 1.165) is 5.56 Å². The molecule has 1 atom stereocenters. The van der Waals surface area contributed by atoms with Crippen LogP contribution in [0.1, 0.15) is 23.0 Å². The van der Waals surface area contributed by atoms with E-state index in [9.17, 15) is 4.79 Å². The number of nitrogens with zero attached hydrogens (tertiary/aromatic N) is 4. The number of fused-ring (bicyclic) bond motifs is 3. The third kappa shape index (κ3) is 3.30. The number of nitrogens with two attached hydrogens (primary N) is 2. The Morgan fingerprint density at radius 2 is 2.14 bits per heavy atom. The number of carbonyl (C=O) groups is 1. The van der Waals surface area contributed by atoms with E-state index in [4.69, 9.17) is 16.3 Å². The Bertz CT molecular complexity index is 1050. The average molecular weight is 382 g/mol. The van der Waals surface area contributed by atoms with Gasteiger partial charge >= 0.3 is 0 Å². The summed E-state index contributed by atoms with van der Waals surface area (Å²) >= 11 is 0. The number of rotatable bonds is 1. The van der Waals surface area contributed by atoms with Gasteiger partial charge < -0.3 is 26.1 Å². The van der Waals surface area contributed by atoms with Crippen LogP contribution in [0, 0.1) is 0 Å². The van der Waals surface area contributed by atoms with E-state index >= 15 is 0 Å². The Morgan fingerprint density at radius 3 is 2.93 bits per heavy atom. The third-order valence-electron chi connectivity index (χ3n) is 4.50. The second-order valence-corrected chi connectivity index (χ2v) is 6.85. The molecule has 1 aromatic carbocycles. The quantitative estimate of drug-likeness (QED) is 0.278.